The molecule has 1 N–H and O–H groups in total. The molecule has 2 rings (SSSR count). The van der Waals surface area contributed by atoms with Crippen LogP contribution in [0.2, 0.25) is 0 Å². The summed E-state index contributed by atoms with van der Waals surface area (Å²) in [5.74, 6) is 0.665. The van der Waals surface area contributed by atoms with Crippen LogP contribution in [0.25, 0.3) is 0 Å². The van der Waals surface area contributed by atoms with Gasteiger partial charge in [-0.1, -0.05) is 0 Å². The number of amides is 1. The van der Waals surface area contributed by atoms with Gasteiger partial charge in [0, 0.05) is 0 Å². The molecule has 0 saturated heterocycles. The zero-order valence-corrected chi connectivity index (χ0v) is 8.19. The predicted octanol–water partition coefficient (Wildman–Crippen LogP) is 1.51. The summed E-state index contributed by atoms with van der Waals surface area (Å²) >= 11 is 0. The van der Waals surface area contributed by atoms with Gasteiger partial charge in [-0.2, -0.15) is 0 Å². The molecule has 1 amide bonds. The lowest BCUT2D eigenvalue weighted by Gasteiger charge is -2.00. The molecule has 78 valence electrons. The maximum Gasteiger partial charge on any atom is 0.287 e. The van der Waals surface area contributed by atoms with Gasteiger partial charge in [0.15, 0.2) is 12.2 Å². The first-order chi connectivity index (χ1) is 7.27. The summed E-state index contributed by atoms with van der Waals surface area (Å²) in [7, 11) is 0. The van der Waals surface area contributed by atoms with E-state index < -0.39 is 0 Å². The van der Waals surface area contributed by atoms with Gasteiger partial charge in [0.1, 0.15) is 5.76 Å². The number of aromatic nitrogens is 1. The summed E-state index contributed by atoms with van der Waals surface area (Å²) in [5, 5.41) is 2.66. The molecule has 2 heterocycles. The molecule has 0 aromatic carbocycles. The zero-order chi connectivity index (χ0) is 10.7. The third-order valence-electron chi connectivity index (χ3n) is 2.00. The summed E-state index contributed by atoms with van der Waals surface area (Å²) in [6.07, 6.45) is 2.80. The first-order valence-electron chi connectivity index (χ1n) is 4.48. The van der Waals surface area contributed by atoms with E-state index >= 15 is 0 Å². The Morgan fingerprint density at radius 2 is 2.40 bits per heavy atom. The number of aryl methyl sites for hydroxylation is 1. The van der Waals surface area contributed by atoms with Crippen molar-refractivity contribution in [2.24, 2.45) is 0 Å². The highest BCUT2D eigenvalue weighted by molar-refractivity contribution is 5.91. The fourth-order valence-corrected chi connectivity index (χ4v) is 1.15. The highest BCUT2D eigenvalue weighted by atomic mass is 16.3. The summed E-state index contributed by atoms with van der Waals surface area (Å²) in [6, 6.07) is 3.26. The minimum absolute atomic E-state index is 0.268. The van der Waals surface area contributed by atoms with Gasteiger partial charge < -0.3 is 14.2 Å². The summed E-state index contributed by atoms with van der Waals surface area (Å²) < 4.78 is 10.0. The van der Waals surface area contributed by atoms with Crippen LogP contribution in [0, 0.1) is 6.92 Å². The smallest absolute Gasteiger partial charge is 0.287 e. The lowest BCUT2D eigenvalue weighted by Crippen LogP contribution is -2.22. The van der Waals surface area contributed by atoms with Gasteiger partial charge in [-0.15, -0.1) is 0 Å². The molecule has 0 fully saturated rings. The van der Waals surface area contributed by atoms with Crippen LogP contribution in [0.4, 0.5) is 0 Å². The number of nitrogens with zero attached hydrogens (tertiary/aromatic N) is 1. The number of rotatable bonds is 3. The molecule has 0 aliphatic rings. The van der Waals surface area contributed by atoms with Gasteiger partial charge in [-0.3, -0.25) is 4.79 Å². The molecule has 0 saturated carbocycles. The maximum absolute atomic E-state index is 11.4. The second-order valence-electron chi connectivity index (χ2n) is 3.02. The Morgan fingerprint density at radius 1 is 1.53 bits per heavy atom. The predicted molar refractivity (Wildman–Crippen MR) is 51.1 cm³/mol. The molecule has 15 heavy (non-hydrogen) atoms. The first kappa shape index (κ1) is 9.51. The largest absolute Gasteiger partial charge is 0.459 e. The number of carbonyl (C=O) groups excluding carboxylic acids is 1. The van der Waals surface area contributed by atoms with Crippen molar-refractivity contribution in [1.29, 1.82) is 0 Å². The average Bonchev–Trinajstić information content (AvgIpc) is 2.85. The average molecular weight is 206 g/mol. The number of carbonyl (C=O) groups is 1. The fraction of sp³-hybridized carbons (Fsp3) is 0.200. The SMILES string of the molecule is Cc1ncoc1CNC(=O)c1ccco1. The Morgan fingerprint density at radius 3 is 3.00 bits per heavy atom. The summed E-state index contributed by atoms with van der Waals surface area (Å²) in [5.41, 5.74) is 0.773. The molecule has 0 spiro atoms. The third kappa shape index (κ3) is 2.07. The van der Waals surface area contributed by atoms with E-state index in [4.69, 9.17) is 8.83 Å². The van der Waals surface area contributed by atoms with E-state index in [1.165, 1.54) is 12.7 Å². The summed E-state index contributed by atoms with van der Waals surface area (Å²) in [6.45, 7) is 2.13. The third-order valence-corrected chi connectivity index (χ3v) is 2.00. The van der Waals surface area contributed by atoms with E-state index in [9.17, 15) is 4.79 Å². The van der Waals surface area contributed by atoms with E-state index in [1.54, 1.807) is 12.1 Å². The number of furan rings is 1. The fourth-order valence-electron chi connectivity index (χ4n) is 1.15. The molecule has 0 bridgehead atoms. The van der Waals surface area contributed by atoms with Crippen molar-refractivity contribution >= 4 is 5.91 Å². The first-order valence-corrected chi connectivity index (χ1v) is 4.48. The second kappa shape index (κ2) is 4.00. The minimum Gasteiger partial charge on any atom is -0.459 e. The molecule has 0 atom stereocenters. The van der Waals surface area contributed by atoms with Crippen molar-refractivity contribution in [3.63, 3.8) is 0 Å². The van der Waals surface area contributed by atoms with E-state index in [-0.39, 0.29) is 11.7 Å². The van der Waals surface area contributed by atoms with E-state index in [2.05, 4.69) is 10.3 Å². The highest BCUT2D eigenvalue weighted by Crippen LogP contribution is 2.05. The van der Waals surface area contributed by atoms with Crippen molar-refractivity contribution in [1.82, 2.24) is 10.3 Å². The van der Waals surface area contributed by atoms with E-state index in [1.807, 2.05) is 6.92 Å². The number of hydrogen-bond donors (Lipinski definition) is 1. The van der Waals surface area contributed by atoms with Gasteiger partial charge >= 0.3 is 0 Å². The highest BCUT2D eigenvalue weighted by Gasteiger charge is 2.09. The monoisotopic (exact) mass is 206 g/mol. The Labute approximate surface area is 86.1 Å². The van der Waals surface area contributed by atoms with Crippen LogP contribution in [-0.2, 0) is 6.54 Å². The van der Waals surface area contributed by atoms with E-state index in [0.717, 1.165) is 5.69 Å². The molecule has 5 nitrogen and oxygen atoms in total. The van der Waals surface area contributed by atoms with Crippen LogP contribution in [-0.4, -0.2) is 10.9 Å². The van der Waals surface area contributed by atoms with Crippen molar-refractivity contribution in [2.75, 3.05) is 0 Å². The Hall–Kier alpha value is -2.04. The van der Waals surface area contributed by atoms with Crippen molar-refractivity contribution in [2.45, 2.75) is 13.5 Å². The molecule has 2 aromatic heterocycles. The Balaban J connectivity index is 1.95. The minimum atomic E-state index is -0.268. The van der Waals surface area contributed by atoms with Gasteiger partial charge in [0.25, 0.3) is 5.91 Å². The Kier molecular flexibility index (Phi) is 2.53. The van der Waals surface area contributed by atoms with Crippen molar-refractivity contribution in [3.05, 3.63) is 42.0 Å². The summed E-state index contributed by atoms with van der Waals surface area (Å²) in [4.78, 5) is 15.4. The van der Waals surface area contributed by atoms with Crippen LogP contribution in [0.5, 0.6) is 0 Å². The standard InChI is InChI=1S/C10H10N2O3/c1-7-9(15-6-12-7)5-11-10(13)8-3-2-4-14-8/h2-4,6H,5H2,1H3,(H,11,13). The molecule has 5 heteroatoms. The quantitative estimate of drug-likeness (QED) is 0.826. The lowest BCUT2D eigenvalue weighted by molar-refractivity contribution is 0.0920. The van der Waals surface area contributed by atoms with Gasteiger partial charge in [0.05, 0.1) is 18.5 Å². The number of hydrogen-bond acceptors (Lipinski definition) is 4. The Bertz CT molecular complexity index is 445. The molecule has 2 aromatic rings. The molecular formula is C10H10N2O3. The molecule has 0 aliphatic carbocycles. The zero-order valence-electron chi connectivity index (χ0n) is 8.19. The molecule has 0 radical (unpaired) electrons. The van der Waals surface area contributed by atoms with Crippen LogP contribution >= 0.6 is 0 Å². The van der Waals surface area contributed by atoms with Crippen LogP contribution in [0.15, 0.2) is 33.6 Å². The molecular weight excluding hydrogens is 196 g/mol. The number of oxazole rings is 1. The van der Waals surface area contributed by atoms with Gasteiger partial charge in [-0.05, 0) is 19.1 Å². The van der Waals surface area contributed by atoms with Crippen LogP contribution in [0.3, 0.4) is 0 Å². The van der Waals surface area contributed by atoms with E-state index in [0.29, 0.717) is 12.3 Å². The number of nitrogens with one attached hydrogen (secondary N) is 1. The normalized spacial score (nSPS) is 10.2. The molecule has 0 unspecified atom stereocenters. The molecule has 0 aliphatic heterocycles. The van der Waals surface area contributed by atoms with Crippen molar-refractivity contribution in [3.8, 4) is 0 Å². The van der Waals surface area contributed by atoms with Crippen LogP contribution in [0.1, 0.15) is 22.0 Å². The lowest BCUT2D eigenvalue weighted by atomic mass is 10.3. The van der Waals surface area contributed by atoms with Crippen molar-refractivity contribution < 1.29 is 13.6 Å². The van der Waals surface area contributed by atoms with Gasteiger partial charge in [-0.25, -0.2) is 4.98 Å². The maximum atomic E-state index is 11.4. The van der Waals surface area contributed by atoms with Gasteiger partial charge in [0.2, 0.25) is 0 Å². The topological polar surface area (TPSA) is 68.3 Å². The second-order valence-corrected chi connectivity index (χ2v) is 3.02. The van der Waals surface area contributed by atoms with Crippen LogP contribution < -0.4 is 5.32 Å².